The molecule has 1 aromatic rings. The molecule has 0 radical (unpaired) electrons. The molecular weight excluding hydrogens is 264 g/mol. The third-order valence-corrected chi connectivity index (χ3v) is 5.12. The average Bonchev–Trinajstić information content (AvgIpc) is 3.24. The molecule has 21 heavy (non-hydrogen) atoms. The van der Waals surface area contributed by atoms with E-state index in [1.165, 1.54) is 0 Å². The molecule has 1 saturated heterocycles. The van der Waals surface area contributed by atoms with Crippen molar-refractivity contribution in [3.63, 3.8) is 0 Å². The number of nitrogens with zero attached hydrogens (tertiary/aromatic N) is 1. The summed E-state index contributed by atoms with van der Waals surface area (Å²) in [4.78, 5) is 15.0. The van der Waals surface area contributed by atoms with Crippen LogP contribution in [-0.4, -0.2) is 37.6 Å². The van der Waals surface area contributed by atoms with Crippen LogP contribution in [0.1, 0.15) is 31.7 Å². The van der Waals surface area contributed by atoms with Crippen molar-refractivity contribution in [2.45, 2.75) is 31.6 Å². The summed E-state index contributed by atoms with van der Waals surface area (Å²) in [6, 6.07) is 7.90. The number of hydrogen-bond donors (Lipinski definition) is 1. The van der Waals surface area contributed by atoms with E-state index in [-0.39, 0.29) is 16.7 Å². The second kappa shape index (κ2) is 5.02. The third kappa shape index (κ3) is 2.31. The van der Waals surface area contributed by atoms with Crippen molar-refractivity contribution < 1.29 is 9.53 Å². The first-order chi connectivity index (χ1) is 10.0. The van der Waals surface area contributed by atoms with E-state index in [0.717, 1.165) is 43.7 Å². The third-order valence-electron chi connectivity index (χ3n) is 5.12. The molecule has 2 fully saturated rings. The maximum atomic E-state index is 13.0. The van der Waals surface area contributed by atoms with Crippen molar-refractivity contribution in [1.29, 1.82) is 0 Å². The average molecular weight is 288 g/mol. The summed E-state index contributed by atoms with van der Waals surface area (Å²) in [5.74, 6) is 1.08. The molecule has 1 amide bonds. The highest BCUT2D eigenvalue weighted by Crippen LogP contribution is 2.53. The largest absolute Gasteiger partial charge is 0.496 e. The number of carbonyl (C=O) groups excluding carboxylic acids is 1. The molecule has 0 aromatic heterocycles. The first-order valence-corrected chi connectivity index (χ1v) is 7.68. The van der Waals surface area contributed by atoms with Crippen molar-refractivity contribution >= 4 is 5.91 Å². The Labute approximate surface area is 126 Å². The highest BCUT2D eigenvalue weighted by atomic mass is 16.5. The summed E-state index contributed by atoms with van der Waals surface area (Å²) >= 11 is 0. The van der Waals surface area contributed by atoms with Crippen molar-refractivity contribution in [3.05, 3.63) is 29.8 Å². The zero-order valence-electron chi connectivity index (χ0n) is 12.9. The van der Waals surface area contributed by atoms with E-state index in [4.69, 9.17) is 10.5 Å². The van der Waals surface area contributed by atoms with E-state index in [2.05, 4.69) is 6.92 Å². The molecule has 1 aromatic carbocycles. The van der Waals surface area contributed by atoms with Crippen LogP contribution in [0.3, 0.4) is 0 Å². The predicted molar refractivity (Wildman–Crippen MR) is 82.3 cm³/mol. The number of likely N-dealkylation sites (tertiary alicyclic amines) is 1. The maximum Gasteiger partial charge on any atom is 0.233 e. The Morgan fingerprint density at radius 3 is 2.62 bits per heavy atom. The second-order valence-electron chi connectivity index (χ2n) is 6.77. The van der Waals surface area contributed by atoms with Gasteiger partial charge in [-0.2, -0.15) is 0 Å². The number of nitrogens with two attached hydrogens (primary N) is 1. The van der Waals surface area contributed by atoms with Crippen molar-refractivity contribution in [1.82, 2.24) is 4.90 Å². The minimum absolute atomic E-state index is 0.0759. The van der Waals surface area contributed by atoms with Crippen LogP contribution < -0.4 is 10.5 Å². The quantitative estimate of drug-likeness (QED) is 0.921. The first kappa shape index (κ1) is 14.4. The van der Waals surface area contributed by atoms with Crippen LogP contribution in [0.4, 0.5) is 0 Å². The van der Waals surface area contributed by atoms with Gasteiger partial charge in [0.2, 0.25) is 5.91 Å². The summed E-state index contributed by atoms with van der Waals surface area (Å²) in [7, 11) is 1.67. The van der Waals surface area contributed by atoms with Gasteiger partial charge in [-0.25, -0.2) is 0 Å². The number of rotatable bonds is 4. The molecule has 1 aliphatic carbocycles. The number of benzene rings is 1. The predicted octanol–water partition coefficient (Wildman–Crippen LogP) is 1.92. The number of hydrogen-bond acceptors (Lipinski definition) is 3. The van der Waals surface area contributed by atoms with E-state index in [0.29, 0.717) is 6.54 Å². The molecule has 1 atom stereocenters. The molecule has 1 heterocycles. The first-order valence-electron chi connectivity index (χ1n) is 7.68. The Bertz CT molecular complexity index is 553. The SMILES string of the molecule is COc1ccccc1C1(C(=O)N2CCC(C)(CN)C2)CC1. The lowest BCUT2D eigenvalue weighted by atomic mass is 9.90. The van der Waals surface area contributed by atoms with E-state index >= 15 is 0 Å². The van der Waals surface area contributed by atoms with Gasteiger partial charge in [-0.1, -0.05) is 25.1 Å². The van der Waals surface area contributed by atoms with E-state index in [9.17, 15) is 4.79 Å². The normalized spacial score (nSPS) is 26.7. The number of para-hydroxylation sites is 1. The van der Waals surface area contributed by atoms with Gasteiger partial charge in [-0.3, -0.25) is 4.79 Å². The van der Waals surface area contributed by atoms with Crippen LogP contribution in [0, 0.1) is 5.41 Å². The fourth-order valence-electron chi connectivity index (χ4n) is 3.43. The Morgan fingerprint density at radius 2 is 2.05 bits per heavy atom. The summed E-state index contributed by atoms with van der Waals surface area (Å²) in [6.07, 6.45) is 2.83. The highest BCUT2D eigenvalue weighted by Gasteiger charge is 2.55. The van der Waals surface area contributed by atoms with Crippen LogP contribution >= 0.6 is 0 Å². The van der Waals surface area contributed by atoms with Crippen LogP contribution in [0.2, 0.25) is 0 Å². The fourth-order valence-corrected chi connectivity index (χ4v) is 3.43. The molecule has 3 rings (SSSR count). The molecule has 2 aliphatic rings. The Kier molecular flexibility index (Phi) is 3.44. The Hall–Kier alpha value is -1.55. The molecule has 1 aliphatic heterocycles. The number of methoxy groups -OCH3 is 1. The van der Waals surface area contributed by atoms with Gasteiger partial charge in [0, 0.05) is 18.7 Å². The lowest BCUT2D eigenvalue weighted by molar-refractivity contribution is -0.133. The van der Waals surface area contributed by atoms with Gasteiger partial charge < -0.3 is 15.4 Å². The van der Waals surface area contributed by atoms with Gasteiger partial charge in [0.15, 0.2) is 0 Å². The lowest BCUT2D eigenvalue weighted by Crippen LogP contribution is -2.40. The lowest BCUT2D eigenvalue weighted by Gasteiger charge is -2.27. The van der Waals surface area contributed by atoms with E-state index < -0.39 is 0 Å². The molecule has 4 heteroatoms. The van der Waals surface area contributed by atoms with Crippen molar-refractivity contribution in [2.24, 2.45) is 11.1 Å². The van der Waals surface area contributed by atoms with E-state index in [1.807, 2.05) is 29.2 Å². The Morgan fingerprint density at radius 1 is 1.33 bits per heavy atom. The zero-order chi connectivity index (χ0) is 15.1. The molecule has 4 nitrogen and oxygen atoms in total. The molecule has 2 N–H and O–H groups in total. The van der Waals surface area contributed by atoms with Gasteiger partial charge in [-0.15, -0.1) is 0 Å². The summed E-state index contributed by atoms with van der Waals surface area (Å²) < 4.78 is 5.46. The van der Waals surface area contributed by atoms with Crippen LogP contribution in [0.25, 0.3) is 0 Å². The molecular formula is C17H24N2O2. The van der Waals surface area contributed by atoms with Crippen molar-refractivity contribution in [2.75, 3.05) is 26.7 Å². The zero-order valence-corrected chi connectivity index (χ0v) is 12.9. The highest BCUT2D eigenvalue weighted by molar-refractivity contribution is 5.92. The molecule has 1 saturated carbocycles. The minimum atomic E-state index is -0.355. The van der Waals surface area contributed by atoms with Gasteiger partial charge in [0.25, 0.3) is 0 Å². The summed E-state index contributed by atoms with van der Waals surface area (Å²) in [5, 5.41) is 0. The van der Waals surface area contributed by atoms with E-state index in [1.54, 1.807) is 7.11 Å². The smallest absolute Gasteiger partial charge is 0.233 e. The summed E-state index contributed by atoms with van der Waals surface area (Å²) in [6.45, 7) is 4.41. The van der Waals surface area contributed by atoms with Gasteiger partial charge in [0.1, 0.15) is 5.75 Å². The standard InChI is InChI=1S/C17H24N2O2/c1-16(11-18)9-10-19(12-16)15(20)17(7-8-17)13-5-3-4-6-14(13)21-2/h3-6H,7-12,18H2,1-2H3. The number of amides is 1. The molecule has 0 spiro atoms. The molecule has 1 unspecified atom stereocenters. The Balaban J connectivity index is 1.85. The fraction of sp³-hybridized carbons (Fsp3) is 0.588. The van der Waals surface area contributed by atoms with Gasteiger partial charge in [-0.05, 0) is 37.3 Å². The van der Waals surface area contributed by atoms with Crippen LogP contribution in [0.5, 0.6) is 5.75 Å². The summed E-state index contributed by atoms with van der Waals surface area (Å²) in [5.41, 5.74) is 6.62. The second-order valence-corrected chi connectivity index (χ2v) is 6.77. The number of carbonyl (C=O) groups is 1. The monoisotopic (exact) mass is 288 g/mol. The van der Waals surface area contributed by atoms with Crippen molar-refractivity contribution in [3.8, 4) is 5.75 Å². The molecule has 0 bridgehead atoms. The minimum Gasteiger partial charge on any atom is -0.496 e. The van der Waals surface area contributed by atoms with Gasteiger partial charge >= 0.3 is 0 Å². The van der Waals surface area contributed by atoms with Crippen LogP contribution in [-0.2, 0) is 10.2 Å². The van der Waals surface area contributed by atoms with Crippen LogP contribution in [0.15, 0.2) is 24.3 Å². The van der Waals surface area contributed by atoms with Gasteiger partial charge in [0.05, 0.1) is 12.5 Å². The maximum absolute atomic E-state index is 13.0. The topological polar surface area (TPSA) is 55.6 Å². The molecule has 114 valence electrons. The number of ether oxygens (including phenoxy) is 1.